The molecule has 0 rings (SSSR count). The Bertz CT molecular complexity index is 274. The van der Waals surface area contributed by atoms with Gasteiger partial charge in [0.25, 0.3) is 5.79 Å². The Morgan fingerprint density at radius 1 is 1.57 bits per heavy atom. The van der Waals surface area contributed by atoms with Crippen LogP contribution in [0.25, 0.3) is 0 Å². The molecule has 0 heterocycles. The van der Waals surface area contributed by atoms with Crippen molar-refractivity contribution in [2.24, 2.45) is 0 Å². The summed E-state index contributed by atoms with van der Waals surface area (Å²) in [5, 5.41) is 36.0. The molecule has 0 aliphatic carbocycles. The molecule has 0 amide bonds. The van der Waals surface area contributed by atoms with E-state index in [4.69, 9.17) is 15.5 Å². The number of allylic oxidation sites excluding steroid dienone is 2. The third-order valence-electron chi connectivity index (χ3n) is 1.66. The summed E-state index contributed by atoms with van der Waals surface area (Å²) >= 11 is 0. The van der Waals surface area contributed by atoms with Gasteiger partial charge in [0.05, 0.1) is 0 Å². The molecular weight excluding hydrogens is 182 g/mol. The van der Waals surface area contributed by atoms with Gasteiger partial charge < -0.3 is 15.3 Å². The van der Waals surface area contributed by atoms with Gasteiger partial charge in [-0.05, 0) is 18.9 Å². The van der Waals surface area contributed by atoms with Gasteiger partial charge in [0.1, 0.15) is 12.2 Å². The standard InChI is InChI=1S/C10H15NO3/c1-3-5-8(6-4-2)9(12)10(13,14)7-11/h3,5-6,9,12-14H,4H2,1-2H3. The molecule has 0 bridgehead atoms. The Morgan fingerprint density at radius 2 is 2.14 bits per heavy atom. The summed E-state index contributed by atoms with van der Waals surface area (Å²) in [6.45, 7) is 3.58. The Morgan fingerprint density at radius 3 is 2.50 bits per heavy atom. The third kappa shape index (κ3) is 3.30. The maximum absolute atomic E-state index is 9.46. The number of rotatable bonds is 4. The summed E-state index contributed by atoms with van der Waals surface area (Å²) < 4.78 is 0. The van der Waals surface area contributed by atoms with Gasteiger partial charge in [0, 0.05) is 0 Å². The molecule has 14 heavy (non-hydrogen) atoms. The lowest BCUT2D eigenvalue weighted by molar-refractivity contribution is -0.169. The molecule has 4 nitrogen and oxygen atoms in total. The maximum atomic E-state index is 9.46. The van der Waals surface area contributed by atoms with Crippen LogP contribution in [0.4, 0.5) is 0 Å². The van der Waals surface area contributed by atoms with E-state index in [-0.39, 0.29) is 0 Å². The molecule has 0 aliphatic heterocycles. The molecule has 0 saturated heterocycles. The zero-order chi connectivity index (χ0) is 11.2. The predicted molar refractivity (Wildman–Crippen MR) is 52.0 cm³/mol. The lowest BCUT2D eigenvalue weighted by atomic mass is 10.0. The summed E-state index contributed by atoms with van der Waals surface area (Å²) in [5.74, 6) is -2.74. The van der Waals surface area contributed by atoms with Crippen LogP contribution in [-0.2, 0) is 0 Å². The highest BCUT2D eigenvalue weighted by atomic mass is 16.5. The van der Waals surface area contributed by atoms with Crippen LogP contribution in [-0.4, -0.2) is 27.2 Å². The molecule has 1 unspecified atom stereocenters. The summed E-state index contributed by atoms with van der Waals surface area (Å²) in [7, 11) is 0. The first-order valence-corrected chi connectivity index (χ1v) is 4.36. The molecule has 0 spiro atoms. The second-order valence-electron chi connectivity index (χ2n) is 2.85. The molecular formula is C10H15NO3. The summed E-state index contributed by atoms with van der Waals surface area (Å²) in [6.07, 6.45) is 3.84. The van der Waals surface area contributed by atoms with Crippen LogP contribution >= 0.6 is 0 Å². The van der Waals surface area contributed by atoms with Gasteiger partial charge in [0.15, 0.2) is 0 Å². The molecule has 1 atom stereocenters. The molecule has 0 saturated carbocycles. The van der Waals surface area contributed by atoms with Gasteiger partial charge in [-0.1, -0.05) is 25.2 Å². The molecule has 3 N–H and O–H groups in total. The smallest absolute Gasteiger partial charge is 0.285 e. The first-order valence-electron chi connectivity index (χ1n) is 4.36. The molecule has 78 valence electrons. The average Bonchev–Trinajstić information content (AvgIpc) is 2.16. The third-order valence-corrected chi connectivity index (χ3v) is 1.66. The number of hydrogen-bond donors (Lipinski definition) is 3. The fourth-order valence-corrected chi connectivity index (χ4v) is 0.993. The van der Waals surface area contributed by atoms with Crippen molar-refractivity contribution >= 4 is 0 Å². The molecule has 0 aromatic heterocycles. The van der Waals surface area contributed by atoms with Crippen LogP contribution in [0.3, 0.4) is 0 Å². The van der Waals surface area contributed by atoms with Crippen molar-refractivity contribution in [3.63, 3.8) is 0 Å². The lowest BCUT2D eigenvalue weighted by Crippen LogP contribution is -2.41. The zero-order valence-corrected chi connectivity index (χ0v) is 8.31. The van der Waals surface area contributed by atoms with Crippen molar-refractivity contribution in [1.29, 1.82) is 5.26 Å². The topological polar surface area (TPSA) is 84.5 Å². The normalized spacial score (nSPS) is 15.6. The van der Waals surface area contributed by atoms with Crippen molar-refractivity contribution in [2.75, 3.05) is 0 Å². The van der Waals surface area contributed by atoms with E-state index in [0.29, 0.717) is 12.0 Å². The van der Waals surface area contributed by atoms with Crippen molar-refractivity contribution in [3.05, 3.63) is 23.8 Å². The van der Waals surface area contributed by atoms with Gasteiger partial charge in [-0.2, -0.15) is 5.26 Å². The van der Waals surface area contributed by atoms with Crippen LogP contribution in [0.5, 0.6) is 0 Å². The van der Waals surface area contributed by atoms with Crippen LogP contribution in [0.2, 0.25) is 0 Å². The van der Waals surface area contributed by atoms with E-state index in [2.05, 4.69) is 0 Å². The Balaban J connectivity index is 4.88. The van der Waals surface area contributed by atoms with E-state index in [1.807, 2.05) is 6.92 Å². The van der Waals surface area contributed by atoms with Crippen molar-refractivity contribution in [2.45, 2.75) is 32.2 Å². The molecule has 0 radical (unpaired) electrons. The minimum absolute atomic E-state index is 0.321. The summed E-state index contributed by atoms with van der Waals surface area (Å²) in [4.78, 5) is 0. The second kappa shape index (κ2) is 5.55. The minimum atomic E-state index is -2.74. The lowest BCUT2D eigenvalue weighted by Gasteiger charge is -2.21. The number of nitriles is 1. The first kappa shape index (κ1) is 12.8. The molecule has 0 fully saturated rings. The summed E-state index contributed by atoms with van der Waals surface area (Å²) in [5.41, 5.74) is 0.321. The average molecular weight is 197 g/mol. The Labute approximate surface area is 83.4 Å². The largest absolute Gasteiger partial charge is 0.382 e. The number of aliphatic hydroxyl groups is 3. The van der Waals surface area contributed by atoms with E-state index < -0.39 is 11.9 Å². The number of nitrogens with zero attached hydrogens (tertiary/aromatic N) is 1. The fourth-order valence-electron chi connectivity index (χ4n) is 0.993. The molecule has 0 aromatic rings. The highest BCUT2D eigenvalue weighted by Gasteiger charge is 2.34. The first-order chi connectivity index (χ1) is 6.49. The summed E-state index contributed by atoms with van der Waals surface area (Å²) in [6, 6.07) is 1.22. The minimum Gasteiger partial charge on any atom is -0.382 e. The second-order valence-corrected chi connectivity index (χ2v) is 2.85. The maximum Gasteiger partial charge on any atom is 0.285 e. The SMILES string of the molecule is CC=CC(=CCC)C(O)C(O)(O)C#N. The van der Waals surface area contributed by atoms with Gasteiger partial charge in [-0.25, -0.2) is 0 Å². The van der Waals surface area contributed by atoms with E-state index in [9.17, 15) is 5.11 Å². The molecule has 0 aromatic carbocycles. The van der Waals surface area contributed by atoms with Crippen LogP contribution in [0.1, 0.15) is 20.3 Å². The van der Waals surface area contributed by atoms with Gasteiger partial charge in [-0.15, -0.1) is 0 Å². The number of aliphatic hydroxyl groups excluding tert-OH is 1. The monoisotopic (exact) mass is 197 g/mol. The highest BCUT2D eigenvalue weighted by Crippen LogP contribution is 2.16. The van der Waals surface area contributed by atoms with Crippen molar-refractivity contribution < 1.29 is 15.3 Å². The van der Waals surface area contributed by atoms with Gasteiger partial charge in [0.2, 0.25) is 0 Å². The van der Waals surface area contributed by atoms with Crippen molar-refractivity contribution in [3.8, 4) is 6.07 Å². The van der Waals surface area contributed by atoms with Gasteiger partial charge in [-0.3, -0.25) is 0 Å². The van der Waals surface area contributed by atoms with Crippen LogP contribution in [0.15, 0.2) is 23.8 Å². The van der Waals surface area contributed by atoms with E-state index in [1.165, 1.54) is 12.1 Å². The van der Waals surface area contributed by atoms with Crippen LogP contribution in [0, 0.1) is 11.3 Å². The molecule has 4 heteroatoms. The van der Waals surface area contributed by atoms with Crippen LogP contribution < -0.4 is 0 Å². The highest BCUT2D eigenvalue weighted by molar-refractivity contribution is 5.27. The van der Waals surface area contributed by atoms with Crippen molar-refractivity contribution in [1.82, 2.24) is 0 Å². The van der Waals surface area contributed by atoms with E-state index in [1.54, 1.807) is 19.1 Å². The Hall–Kier alpha value is -1.15. The fraction of sp³-hybridized carbons (Fsp3) is 0.500. The van der Waals surface area contributed by atoms with Gasteiger partial charge >= 0.3 is 0 Å². The predicted octanol–water partition coefficient (Wildman–Crippen LogP) is 0.464. The number of hydrogen-bond acceptors (Lipinski definition) is 4. The quantitative estimate of drug-likeness (QED) is 0.347. The van der Waals surface area contributed by atoms with E-state index >= 15 is 0 Å². The zero-order valence-electron chi connectivity index (χ0n) is 8.31. The van der Waals surface area contributed by atoms with E-state index in [0.717, 1.165) is 0 Å². The Kier molecular flexibility index (Phi) is 5.10. The molecule has 0 aliphatic rings.